The summed E-state index contributed by atoms with van der Waals surface area (Å²) in [5, 5.41) is 2.77. The third kappa shape index (κ3) is 4.56. The maximum atomic E-state index is 12.8. The average Bonchev–Trinajstić information content (AvgIpc) is 2.65. The van der Waals surface area contributed by atoms with Crippen molar-refractivity contribution in [1.82, 2.24) is 5.32 Å². The lowest BCUT2D eigenvalue weighted by Gasteiger charge is -2.19. The summed E-state index contributed by atoms with van der Waals surface area (Å²) in [6.45, 7) is 1.39. The van der Waals surface area contributed by atoms with Crippen molar-refractivity contribution in [2.45, 2.75) is 19.4 Å². The van der Waals surface area contributed by atoms with Crippen LogP contribution in [0.2, 0.25) is 0 Å². The van der Waals surface area contributed by atoms with Gasteiger partial charge in [-0.05, 0) is 42.0 Å². The Morgan fingerprint density at radius 3 is 2.44 bits per heavy atom. The first-order valence-corrected chi connectivity index (χ1v) is 8.06. The third-order valence-corrected chi connectivity index (χ3v) is 3.84. The van der Waals surface area contributed by atoms with E-state index in [1.165, 1.54) is 24.3 Å². The second-order valence-electron chi connectivity index (χ2n) is 5.68. The van der Waals surface area contributed by atoms with E-state index in [1.54, 1.807) is 0 Å². The van der Waals surface area contributed by atoms with E-state index in [-0.39, 0.29) is 24.5 Å². The summed E-state index contributed by atoms with van der Waals surface area (Å²) < 4.78 is 23.8. The molecular weight excluding hydrogens is 325 g/mol. The molecule has 0 saturated carbocycles. The van der Waals surface area contributed by atoms with E-state index >= 15 is 0 Å². The Hall–Kier alpha value is -2.89. The molecular formula is C19H18FNO4. The van der Waals surface area contributed by atoms with Gasteiger partial charge in [0.2, 0.25) is 5.91 Å². The summed E-state index contributed by atoms with van der Waals surface area (Å²) in [5.41, 5.74) is 1.29. The van der Waals surface area contributed by atoms with Gasteiger partial charge in [-0.25, -0.2) is 4.39 Å². The van der Waals surface area contributed by atoms with Crippen molar-refractivity contribution in [3.8, 4) is 11.5 Å². The number of nitrogens with one attached hydrogen (secondary N) is 1. The average molecular weight is 343 g/mol. The van der Waals surface area contributed by atoms with E-state index in [4.69, 9.17) is 9.47 Å². The zero-order valence-corrected chi connectivity index (χ0v) is 13.6. The van der Waals surface area contributed by atoms with Crippen molar-refractivity contribution in [2.75, 3.05) is 13.2 Å². The highest BCUT2D eigenvalue weighted by Gasteiger charge is 2.13. The van der Waals surface area contributed by atoms with Crippen LogP contribution in [0.15, 0.2) is 42.5 Å². The van der Waals surface area contributed by atoms with Crippen LogP contribution in [0.4, 0.5) is 4.39 Å². The fourth-order valence-electron chi connectivity index (χ4n) is 2.49. The fourth-order valence-corrected chi connectivity index (χ4v) is 2.49. The molecule has 1 aliphatic heterocycles. The molecule has 0 bridgehead atoms. The van der Waals surface area contributed by atoms with E-state index in [0.717, 1.165) is 5.56 Å². The van der Waals surface area contributed by atoms with Gasteiger partial charge in [0.15, 0.2) is 17.3 Å². The minimum atomic E-state index is -0.395. The molecule has 0 atom stereocenters. The van der Waals surface area contributed by atoms with E-state index < -0.39 is 5.82 Å². The number of hydrogen-bond acceptors (Lipinski definition) is 4. The molecule has 1 amide bonds. The molecule has 1 N–H and O–H groups in total. The normalized spacial score (nSPS) is 12.5. The van der Waals surface area contributed by atoms with E-state index in [0.29, 0.717) is 36.8 Å². The topological polar surface area (TPSA) is 64.6 Å². The van der Waals surface area contributed by atoms with Crippen molar-refractivity contribution >= 4 is 11.7 Å². The summed E-state index contributed by atoms with van der Waals surface area (Å²) in [5.74, 6) is 0.573. The number of halogens is 1. The zero-order chi connectivity index (χ0) is 17.6. The summed E-state index contributed by atoms with van der Waals surface area (Å²) >= 11 is 0. The molecule has 0 saturated heterocycles. The minimum absolute atomic E-state index is 0.0819. The maximum absolute atomic E-state index is 12.8. The van der Waals surface area contributed by atoms with Crippen molar-refractivity contribution in [1.29, 1.82) is 0 Å². The van der Waals surface area contributed by atoms with E-state index in [1.807, 2.05) is 18.2 Å². The number of ketones is 1. The molecule has 1 aliphatic rings. The summed E-state index contributed by atoms with van der Waals surface area (Å²) in [4.78, 5) is 23.9. The molecule has 0 aliphatic carbocycles. The molecule has 130 valence electrons. The third-order valence-electron chi connectivity index (χ3n) is 3.84. The zero-order valence-electron chi connectivity index (χ0n) is 13.6. The lowest BCUT2D eigenvalue weighted by atomic mass is 10.1. The number of hydrogen-bond donors (Lipinski definition) is 1. The predicted molar refractivity (Wildman–Crippen MR) is 89.2 cm³/mol. The van der Waals surface area contributed by atoms with Crippen LogP contribution in [0.25, 0.3) is 0 Å². The number of benzene rings is 2. The SMILES string of the molecule is O=C(CCC(=O)c1ccc(F)cc1)NCc1ccc2c(c1)OCCO2. The molecule has 2 aromatic rings. The Balaban J connectivity index is 1.46. The van der Waals surface area contributed by atoms with Crippen LogP contribution in [-0.4, -0.2) is 24.9 Å². The molecule has 0 radical (unpaired) electrons. The number of fused-ring (bicyclic) bond motifs is 1. The van der Waals surface area contributed by atoms with Gasteiger partial charge in [0, 0.05) is 24.9 Å². The molecule has 0 fully saturated rings. The maximum Gasteiger partial charge on any atom is 0.220 e. The Kier molecular flexibility index (Phi) is 5.28. The van der Waals surface area contributed by atoms with Gasteiger partial charge in [-0.2, -0.15) is 0 Å². The predicted octanol–water partition coefficient (Wildman–Crippen LogP) is 2.88. The van der Waals surface area contributed by atoms with Crippen molar-refractivity contribution in [2.24, 2.45) is 0 Å². The smallest absolute Gasteiger partial charge is 0.220 e. The van der Waals surface area contributed by atoms with Gasteiger partial charge in [0.25, 0.3) is 0 Å². The monoisotopic (exact) mass is 343 g/mol. The molecule has 6 heteroatoms. The van der Waals surface area contributed by atoms with Crippen molar-refractivity contribution < 1.29 is 23.5 Å². The molecule has 1 heterocycles. The number of Topliss-reactive ketones (excluding diaryl/α,β-unsaturated/α-hetero) is 1. The van der Waals surface area contributed by atoms with Crippen LogP contribution in [0.5, 0.6) is 11.5 Å². The van der Waals surface area contributed by atoms with E-state index in [2.05, 4.69) is 5.32 Å². The lowest BCUT2D eigenvalue weighted by molar-refractivity contribution is -0.121. The second kappa shape index (κ2) is 7.79. The van der Waals surface area contributed by atoms with Gasteiger partial charge in [-0.1, -0.05) is 6.07 Å². The van der Waals surface area contributed by atoms with Gasteiger partial charge in [-0.3, -0.25) is 9.59 Å². The van der Waals surface area contributed by atoms with Gasteiger partial charge in [0.1, 0.15) is 19.0 Å². The highest BCUT2D eigenvalue weighted by atomic mass is 19.1. The first-order chi connectivity index (χ1) is 12.1. The summed E-state index contributed by atoms with van der Waals surface area (Å²) in [6, 6.07) is 10.8. The molecule has 2 aromatic carbocycles. The quantitative estimate of drug-likeness (QED) is 0.819. The van der Waals surface area contributed by atoms with Gasteiger partial charge < -0.3 is 14.8 Å². The number of ether oxygens (including phenoxy) is 2. The highest BCUT2D eigenvalue weighted by molar-refractivity contribution is 5.97. The number of carbonyl (C=O) groups excluding carboxylic acids is 2. The van der Waals surface area contributed by atoms with Gasteiger partial charge in [-0.15, -0.1) is 0 Å². The van der Waals surface area contributed by atoms with Crippen LogP contribution < -0.4 is 14.8 Å². The fraction of sp³-hybridized carbons (Fsp3) is 0.263. The molecule has 25 heavy (non-hydrogen) atoms. The number of carbonyl (C=O) groups is 2. The Labute approximate surface area is 144 Å². The van der Waals surface area contributed by atoms with Gasteiger partial charge >= 0.3 is 0 Å². The molecule has 0 aromatic heterocycles. The number of amides is 1. The first-order valence-electron chi connectivity index (χ1n) is 8.06. The minimum Gasteiger partial charge on any atom is -0.486 e. The molecule has 5 nitrogen and oxygen atoms in total. The number of rotatable bonds is 6. The molecule has 3 rings (SSSR count). The van der Waals surface area contributed by atoms with Crippen molar-refractivity contribution in [3.63, 3.8) is 0 Å². The summed E-state index contributed by atoms with van der Waals surface area (Å²) in [6.07, 6.45) is 0.166. The largest absolute Gasteiger partial charge is 0.486 e. The van der Waals surface area contributed by atoms with Crippen LogP contribution in [-0.2, 0) is 11.3 Å². The van der Waals surface area contributed by atoms with Crippen LogP contribution in [0.3, 0.4) is 0 Å². The Morgan fingerprint density at radius 2 is 1.68 bits per heavy atom. The lowest BCUT2D eigenvalue weighted by Crippen LogP contribution is -2.23. The summed E-state index contributed by atoms with van der Waals surface area (Å²) in [7, 11) is 0. The van der Waals surface area contributed by atoms with Crippen LogP contribution >= 0.6 is 0 Å². The van der Waals surface area contributed by atoms with Crippen molar-refractivity contribution in [3.05, 3.63) is 59.4 Å². The van der Waals surface area contributed by atoms with Gasteiger partial charge in [0.05, 0.1) is 0 Å². The second-order valence-corrected chi connectivity index (χ2v) is 5.68. The molecule has 0 unspecified atom stereocenters. The Bertz CT molecular complexity index is 773. The highest BCUT2D eigenvalue weighted by Crippen LogP contribution is 2.30. The standard InChI is InChI=1S/C19H18FNO4/c20-15-4-2-14(3-5-15)16(22)6-8-19(23)21-12-13-1-7-17-18(11-13)25-10-9-24-17/h1-5,7,11H,6,8-10,12H2,(H,21,23). The Morgan fingerprint density at radius 1 is 0.960 bits per heavy atom. The van der Waals surface area contributed by atoms with E-state index in [9.17, 15) is 14.0 Å². The first kappa shape index (κ1) is 17.0. The van der Waals surface area contributed by atoms with Crippen LogP contribution in [0, 0.1) is 5.82 Å². The van der Waals surface area contributed by atoms with Crippen LogP contribution in [0.1, 0.15) is 28.8 Å². The molecule has 0 spiro atoms.